The van der Waals surface area contributed by atoms with E-state index in [2.05, 4.69) is 17.1 Å². The van der Waals surface area contributed by atoms with Crippen LogP contribution >= 0.6 is 0 Å². The van der Waals surface area contributed by atoms with Gasteiger partial charge in [0, 0.05) is 23.0 Å². The maximum atomic E-state index is 11.0. The van der Waals surface area contributed by atoms with Crippen molar-refractivity contribution in [2.75, 3.05) is 0 Å². The van der Waals surface area contributed by atoms with Gasteiger partial charge in [0.2, 0.25) is 0 Å². The summed E-state index contributed by atoms with van der Waals surface area (Å²) in [4.78, 5) is 14.3. The van der Waals surface area contributed by atoms with Crippen molar-refractivity contribution in [2.45, 2.75) is 45.1 Å². The molecule has 4 heteroatoms. The first-order valence-corrected chi connectivity index (χ1v) is 7.17. The molecule has 1 atom stereocenters. The molecular weight excluding hydrogens is 252 g/mol. The van der Waals surface area contributed by atoms with Gasteiger partial charge in [0.1, 0.15) is 6.04 Å². The van der Waals surface area contributed by atoms with Crippen molar-refractivity contribution < 1.29 is 9.90 Å². The highest BCUT2D eigenvalue weighted by atomic mass is 16.4. The van der Waals surface area contributed by atoms with Gasteiger partial charge < -0.3 is 15.8 Å². The minimum absolute atomic E-state index is 0.375. The molecule has 0 aliphatic heterocycles. The number of carbonyl (C=O) groups is 1. The van der Waals surface area contributed by atoms with E-state index in [1.807, 2.05) is 6.92 Å². The Balaban J connectivity index is 2.07. The summed E-state index contributed by atoms with van der Waals surface area (Å²) >= 11 is 0. The van der Waals surface area contributed by atoms with E-state index in [9.17, 15) is 4.79 Å². The predicted octanol–water partition coefficient (Wildman–Crippen LogP) is 2.31. The summed E-state index contributed by atoms with van der Waals surface area (Å²) in [5.41, 5.74) is 11.7. The van der Waals surface area contributed by atoms with Crippen molar-refractivity contribution in [1.82, 2.24) is 4.98 Å². The minimum atomic E-state index is -0.947. The van der Waals surface area contributed by atoms with Crippen LogP contribution in [-0.2, 0) is 24.1 Å². The molecule has 3 rings (SSSR count). The quantitative estimate of drug-likeness (QED) is 0.802. The van der Waals surface area contributed by atoms with Crippen LogP contribution in [-0.4, -0.2) is 22.1 Å². The van der Waals surface area contributed by atoms with Crippen molar-refractivity contribution in [2.24, 2.45) is 5.73 Å². The number of benzene rings is 1. The molecule has 4 N–H and O–H groups in total. The molecule has 0 bridgehead atoms. The van der Waals surface area contributed by atoms with Crippen LogP contribution in [0.25, 0.3) is 10.9 Å². The fraction of sp³-hybridized carbons (Fsp3) is 0.438. The van der Waals surface area contributed by atoms with Crippen molar-refractivity contribution >= 4 is 16.9 Å². The second-order valence-corrected chi connectivity index (χ2v) is 5.75. The number of aromatic amines is 1. The zero-order valence-electron chi connectivity index (χ0n) is 11.7. The number of rotatable bonds is 3. The first kappa shape index (κ1) is 13.2. The normalized spacial score (nSPS) is 16.1. The van der Waals surface area contributed by atoms with E-state index in [4.69, 9.17) is 10.8 Å². The molecule has 0 radical (unpaired) electrons. The number of nitrogens with two attached hydrogens (primary N) is 1. The number of nitrogens with one attached hydrogen (secondary N) is 1. The number of aryl methyl sites for hydroxylation is 3. The maximum absolute atomic E-state index is 11.0. The lowest BCUT2D eigenvalue weighted by molar-refractivity contribution is -0.138. The molecule has 1 heterocycles. The van der Waals surface area contributed by atoms with Gasteiger partial charge >= 0.3 is 5.97 Å². The van der Waals surface area contributed by atoms with Gasteiger partial charge in [-0.05, 0) is 61.4 Å². The van der Waals surface area contributed by atoms with Crippen LogP contribution in [0.1, 0.15) is 35.2 Å². The van der Waals surface area contributed by atoms with Crippen molar-refractivity contribution in [1.29, 1.82) is 0 Å². The molecule has 0 saturated carbocycles. The molecule has 0 spiro atoms. The van der Waals surface area contributed by atoms with Gasteiger partial charge in [-0.15, -0.1) is 0 Å². The first-order valence-electron chi connectivity index (χ1n) is 7.17. The molecule has 0 saturated heterocycles. The molecule has 1 aliphatic rings. The van der Waals surface area contributed by atoms with Crippen LogP contribution in [0, 0.1) is 6.92 Å². The summed E-state index contributed by atoms with van der Waals surface area (Å²) in [6.45, 7) is 1.99. The molecule has 20 heavy (non-hydrogen) atoms. The molecule has 1 aromatic heterocycles. The number of fused-ring (bicyclic) bond motifs is 2. The maximum Gasteiger partial charge on any atom is 0.320 e. The van der Waals surface area contributed by atoms with Crippen LogP contribution < -0.4 is 5.73 Å². The van der Waals surface area contributed by atoms with Gasteiger partial charge in [0.15, 0.2) is 0 Å². The number of hydrogen-bond acceptors (Lipinski definition) is 2. The number of aromatic nitrogens is 1. The molecule has 1 aromatic carbocycles. The second kappa shape index (κ2) is 4.94. The second-order valence-electron chi connectivity index (χ2n) is 5.75. The summed E-state index contributed by atoms with van der Waals surface area (Å²) in [6, 6.07) is 3.62. The Labute approximate surface area is 118 Å². The zero-order valence-corrected chi connectivity index (χ0v) is 11.7. The monoisotopic (exact) mass is 272 g/mol. The Kier molecular flexibility index (Phi) is 3.26. The van der Waals surface area contributed by atoms with Crippen molar-refractivity contribution in [3.8, 4) is 0 Å². The SMILES string of the molecule is Cc1[nH]c2cc3c(cc2c1CC(N)C(=O)O)CCCC3. The van der Waals surface area contributed by atoms with E-state index in [-0.39, 0.29) is 0 Å². The predicted molar refractivity (Wildman–Crippen MR) is 79.0 cm³/mol. The van der Waals surface area contributed by atoms with E-state index in [1.165, 1.54) is 24.0 Å². The number of aliphatic carboxylic acids is 1. The third-order valence-electron chi connectivity index (χ3n) is 4.32. The molecule has 0 amide bonds. The summed E-state index contributed by atoms with van der Waals surface area (Å²) < 4.78 is 0. The van der Waals surface area contributed by atoms with Crippen molar-refractivity contribution in [3.05, 3.63) is 34.5 Å². The van der Waals surface area contributed by atoms with Gasteiger partial charge in [-0.2, -0.15) is 0 Å². The van der Waals surface area contributed by atoms with Crippen LogP contribution in [0.5, 0.6) is 0 Å². The molecular formula is C16H20N2O2. The van der Waals surface area contributed by atoms with Crippen molar-refractivity contribution in [3.63, 3.8) is 0 Å². The average Bonchev–Trinajstić information content (AvgIpc) is 2.72. The highest BCUT2D eigenvalue weighted by Crippen LogP contribution is 2.30. The summed E-state index contributed by atoms with van der Waals surface area (Å²) in [5.74, 6) is -0.947. The average molecular weight is 272 g/mol. The smallest absolute Gasteiger partial charge is 0.320 e. The lowest BCUT2D eigenvalue weighted by Crippen LogP contribution is -2.32. The fourth-order valence-corrected chi connectivity index (χ4v) is 3.19. The van der Waals surface area contributed by atoms with Gasteiger partial charge in [-0.25, -0.2) is 0 Å². The Morgan fingerprint density at radius 2 is 2.00 bits per heavy atom. The standard InChI is InChI=1S/C16H20N2O2/c1-9-12(8-14(17)16(19)20)13-6-10-4-2-3-5-11(10)7-15(13)18-9/h6-7,14,18H,2-5,8,17H2,1H3,(H,19,20). The number of carboxylic acids is 1. The van der Waals surface area contributed by atoms with E-state index in [0.29, 0.717) is 6.42 Å². The molecule has 106 valence electrons. The third-order valence-corrected chi connectivity index (χ3v) is 4.32. The first-order chi connectivity index (χ1) is 9.56. The number of carboxylic acid groups (broad SMARTS) is 1. The van der Waals surface area contributed by atoms with Crippen LogP contribution in [0.2, 0.25) is 0 Å². The molecule has 1 unspecified atom stereocenters. The summed E-state index contributed by atoms with van der Waals surface area (Å²) in [6.07, 6.45) is 5.15. The Morgan fingerprint density at radius 1 is 1.35 bits per heavy atom. The van der Waals surface area contributed by atoms with E-state index in [0.717, 1.165) is 35.0 Å². The third kappa shape index (κ3) is 2.20. The van der Waals surface area contributed by atoms with Crippen LogP contribution in [0.3, 0.4) is 0 Å². The lowest BCUT2D eigenvalue weighted by atomic mass is 9.89. The van der Waals surface area contributed by atoms with Crippen LogP contribution in [0.15, 0.2) is 12.1 Å². The Morgan fingerprint density at radius 3 is 2.65 bits per heavy atom. The lowest BCUT2D eigenvalue weighted by Gasteiger charge is -2.16. The van der Waals surface area contributed by atoms with E-state index >= 15 is 0 Å². The van der Waals surface area contributed by atoms with Gasteiger partial charge in [-0.3, -0.25) is 4.79 Å². The molecule has 4 nitrogen and oxygen atoms in total. The number of hydrogen-bond donors (Lipinski definition) is 3. The fourth-order valence-electron chi connectivity index (χ4n) is 3.19. The summed E-state index contributed by atoms with van der Waals surface area (Å²) in [5, 5.41) is 10.1. The molecule has 2 aromatic rings. The van der Waals surface area contributed by atoms with Gasteiger partial charge in [0.25, 0.3) is 0 Å². The highest BCUT2D eigenvalue weighted by Gasteiger charge is 2.19. The molecule has 1 aliphatic carbocycles. The topological polar surface area (TPSA) is 79.1 Å². The van der Waals surface area contributed by atoms with Gasteiger partial charge in [0.05, 0.1) is 0 Å². The van der Waals surface area contributed by atoms with Gasteiger partial charge in [-0.1, -0.05) is 0 Å². The minimum Gasteiger partial charge on any atom is -0.480 e. The highest BCUT2D eigenvalue weighted by molar-refractivity contribution is 5.87. The van der Waals surface area contributed by atoms with E-state index < -0.39 is 12.0 Å². The Bertz CT molecular complexity index is 673. The van der Waals surface area contributed by atoms with E-state index in [1.54, 1.807) is 0 Å². The van der Waals surface area contributed by atoms with Crippen LogP contribution in [0.4, 0.5) is 0 Å². The Hall–Kier alpha value is -1.81. The number of H-pyrrole nitrogens is 1. The largest absolute Gasteiger partial charge is 0.480 e. The summed E-state index contributed by atoms with van der Waals surface area (Å²) in [7, 11) is 0. The zero-order chi connectivity index (χ0) is 14.3. The molecule has 0 fully saturated rings.